The fraction of sp³-hybridized carbons (Fsp3) is 0.381. The van der Waals surface area contributed by atoms with Crippen molar-refractivity contribution in [1.29, 1.82) is 0 Å². The van der Waals surface area contributed by atoms with Crippen LogP contribution in [-0.4, -0.2) is 14.9 Å². The van der Waals surface area contributed by atoms with E-state index in [9.17, 15) is 0 Å². The maximum atomic E-state index is 4.86. The molecule has 0 aliphatic heterocycles. The van der Waals surface area contributed by atoms with Crippen LogP contribution < -0.4 is 5.32 Å². The molecule has 0 aliphatic carbocycles. The molecule has 24 heavy (non-hydrogen) atoms. The first kappa shape index (κ1) is 16.6. The quantitative estimate of drug-likeness (QED) is 0.674. The highest BCUT2D eigenvalue weighted by Gasteiger charge is 2.20. The summed E-state index contributed by atoms with van der Waals surface area (Å²) in [4.78, 5) is 4.86. The Bertz CT molecular complexity index is 843. The summed E-state index contributed by atoms with van der Waals surface area (Å²) in [6.45, 7) is 13.2. The zero-order chi connectivity index (χ0) is 17.5. The van der Waals surface area contributed by atoms with Gasteiger partial charge < -0.3 is 5.32 Å². The normalized spacial score (nSPS) is 12.6. The monoisotopic (exact) mass is 321 g/mol. The summed E-state index contributed by atoms with van der Waals surface area (Å²) < 4.78 is 2.12. The smallest absolute Gasteiger partial charge is 0.139 e. The van der Waals surface area contributed by atoms with E-state index in [1.807, 2.05) is 18.2 Å². The second-order valence-electron chi connectivity index (χ2n) is 8.44. The van der Waals surface area contributed by atoms with Crippen LogP contribution in [0.2, 0.25) is 0 Å². The van der Waals surface area contributed by atoms with E-state index in [0.29, 0.717) is 0 Å². The number of nitrogens with one attached hydrogen (secondary N) is 1. The van der Waals surface area contributed by atoms with Crippen LogP contribution in [0.5, 0.6) is 0 Å². The third-order valence-electron chi connectivity index (χ3n) is 4.05. The van der Waals surface area contributed by atoms with Crippen LogP contribution in [0.25, 0.3) is 16.9 Å². The maximum absolute atomic E-state index is 4.86. The highest BCUT2D eigenvalue weighted by molar-refractivity contribution is 5.77. The Kier molecular flexibility index (Phi) is 3.90. The topological polar surface area (TPSA) is 29.3 Å². The third kappa shape index (κ3) is 3.30. The van der Waals surface area contributed by atoms with Crippen LogP contribution in [0.3, 0.4) is 0 Å². The first-order chi connectivity index (χ1) is 11.1. The predicted octanol–water partition coefficient (Wildman–Crippen LogP) is 5.51. The number of fused-ring (bicyclic) bond motifs is 1. The van der Waals surface area contributed by atoms with Crippen molar-refractivity contribution in [3.05, 3.63) is 54.2 Å². The molecule has 0 aliphatic rings. The summed E-state index contributed by atoms with van der Waals surface area (Å²) in [5.74, 6) is 1.04. The number of imidazole rings is 1. The molecular weight excluding hydrogens is 294 g/mol. The predicted molar refractivity (Wildman–Crippen MR) is 103 cm³/mol. The lowest BCUT2D eigenvalue weighted by molar-refractivity contribution is 0.590. The van der Waals surface area contributed by atoms with Gasteiger partial charge in [-0.2, -0.15) is 0 Å². The molecule has 0 bridgehead atoms. The number of hydrogen-bond acceptors (Lipinski definition) is 2. The molecule has 0 radical (unpaired) electrons. The Labute approximate surface area is 144 Å². The molecule has 1 aromatic carbocycles. The molecule has 0 saturated heterocycles. The second-order valence-corrected chi connectivity index (χ2v) is 8.44. The average Bonchev–Trinajstić information content (AvgIpc) is 2.84. The molecule has 3 rings (SSSR count). The van der Waals surface area contributed by atoms with Gasteiger partial charge in [0.1, 0.15) is 17.2 Å². The van der Waals surface area contributed by atoms with E-state index in [1.165, 1.54) is 5.56 Å². The van der Waals surface area contributed by atoms with Gasteiger partial charge >= 0.3 is 0 Å². The van der Waals surface area contributed by atoms with Gasteiger partial charge in [0.25, 0.3) is 0 Å². The number of aromatic nitrogens is 2. The van der Waals surface area contributed by atoms with Gasteiger partial charge in [-0.15, -0.1) is 0 Å². The van der Waals surface area contributed by atoms with E-state index in [1.54, 1.807) is 0 Å². The summed E-state index contributed by atoms with van der Waals surface area (Å²) in [5, 5.41) is 3.62. The van der Waals surface area contributed by atoms with Crippen molar-refractivity contribution >= 4 is 11.5 Å². The lowest BCUT2D eigenvalue weighted by Gasteiger charge is -2.23. The molecule has 0 unspecified atom stereocenters. The highest BCUT2D eigenvalue weighted by Crippen LogP contribution is 2.32. The van der Waals surface area contributed by atoms with Gasteiger partial charge in [-0.1, -0.05) is 51.1 Å². The molecular formula is C21H27N3. The molecule has 2 heterocycles. The van der Waals surface area contributed by atoms with E-state index in [0.717, 1.165) is 22.7 Å². The number of benzene rings is 1. The largest absolute Gasteiger partial charge is 0.365 e. The van der Waals surface area contributed by atoms with Gasteiger partial charge in [0.15, 0.2) is 0 Å². The second kappa shape index (κ2) is 5.66. The molecule has 2 aromatic heterocycles. The summed E-state index contributed by atoms with van der Waals surface area (Å²) in [6, 6.07) is 14.9. The Balaban J connectivity index is 2.13. The molecule has 0 saturated carbocycles. The lowest BCUT2D eigenvalue weighted by Crippen LogP contribution is -2.27. The average molecular weight is 321 g/mol. The van der Waals surface area contributed by atoms with E-state index in [2.05, 4.69) is 81.7 Å². The first-order valence-corrected chi connectivity index (χ1v) is 8.51. The number of rotatable bonds is 2. The number of pyridine rings is 1. The summed E-state index contributed by atoms with van der Waals surface area (Å²) in [5.41, 5.74) is 4.55. The fourth-order valence-corrected chi connectivity index (χ4v) is 2.80. The first-order valence-electron chi connectivity index (χ1n) is 8.51. The minimum absolute atomic E-state index is 0.0358. The van der Waals surface area contributed by atoms with E-state index >= 15 is 0 Å². The Morgan fingerprint density at radius 2 is 1.54 bits per heavy atom. The number of hydrogen-bond donors (Lipinski definition) is 1. The van der Waals surface area contributed by atoms with Crippen LogP contribution in [0.1, 0.15) is 47.1 Å². The minimum atomic E-state index is -0.0358. The van der Waals surface area contributed by atoms with E-state index < -0.39 is 0 Å². The van der Waals surface area contributed by atoms with Gasteiger partial charge in [0.2, 0.25) is 0 Å². The van der Waals surface area contributed by atoms with Crippen LogP contribution >= 0.6 is 0 Å². The molecule has 3 nitrogen and oxygen atoms in total. The van der Waals surface area contributed by atoms with Crippen LogP contribution in [0, 0.1) is 0 Å². The molecule has 1 N–H and O–H groups in total. The molecule has 0 atom stereocenters. The summed E-state index contributed by atoms with van der Waals surface area (Å²) in [6.07, 6.45) is 2.06. The van der Waals surface area contributed by atoms with Crippen LogP contribution in [0.4, 0.5) is 5.82 Å². The number of nitrogens with zero attached hydrogens (tertiary/aromatic N) is 2. The van der Waals surface area contributed by atoms with Crippen molar-refractivity contribution in [1.82, 2.24) is 9.38 Å². The summed E-state index contributed by atoms with van der Waals surface area (Å²) in [7, 11) is 0. The molecule has 3 heteroatoms. The SMILES string of the molecule is CC(C)(C)Nc1c(-c2ccc(C(C)(C)C)cc2)nc2ccccn12. The van der Waals surface area contributed by atoms with Gasteiger partial charge in [0, 0.05) is 17.3 Å². The molecule has 0 spiro atoms. The highest BCUT2D eigenvalue weighted by atomic mass is 15.2. The molecule has 0 fully saturated rings. The van der Waals surface area contributed by atoms with Crippen LogP contribution in [-0.2, 0) is 5.41 Å². The van der Waals surface area contributed by atoms with Crippen LogP contribution in [0.15, 0.2) is 48.7 Å². The van der Waals surface area contributed by atoms with Crippen molar-refractivity contribution in [2.45, 2.75) is 52.5 Å². The fourth-order valence-electron chi connectivity index (χ4n) is 2.80. The third-order valence-corrected chi connectivity index (χ3v) is 4.05. The van der Waals surface area contributed by atoms with Crippen molar-refractivity contribution in [2.24, 2.45) is 0 Å². The van der Waals surface area contributed by atoms with E-state index in [-0.39, 0.29) is 11.0 Å². The lowest BCUT2D eigenvalue weighted by atomic mass is 9.86. The van der Waals surface area contributed by atoms with Crippen molar-refractivity contribution < 1.29 is 0 Å². The standard InChI is InChI=1S/C21H27N3/c1-20(2,3)16-12-10-15(11-13-16)18-19(23-21(4,5)6)24-14-8-7-9-17(24)22-18/h7-14,23H,1-6H3. The van der Waals surface area contributed by atoms with Gasteiger partial charge in [0.05, 0.1) is 0 Å². The minimum Gasteiger partial charge on any atom is -0.365 e. The molecule has 126 valence electrons. The van der Waals surface area contributed by atoms with E-state index in [4.69, 9.17) is 4.98 Å². The zero-order valence-corrected chi connectivity index (χ0v) is 15.5. The maximum Gasteiger partial charge on any atom is 0.139 e. The van der Waals surface area contributed by atoms with Crippen molar-refractivity contribution in [3.63, 3.8) is 0 Å². The van der Waals surface area contributed by atoms with Gasteiger partial charge in [-0.3, -0.25) is 4.40 Å². The Morgan fingerprint density at radius 3 is 2.12 bits per heavy atom. The molecule has 3 aromatic rings. The molecule has 0 amide bonds. The van der Waals surface area contributed by atoms with Crippen molar-refractivity contribution in [2.75, 3.05) is 5.32 Å². The van der Waals surface area contributed by atoms with Gasteiger partial charge in [-0.05, 0) is 43.9 Å². The van der Waals surface area contributed by atoms with Crippen molar-refractivity contribution in [3.8, 4) is 11.3 Å². The summed E-state index contributed by atoms with van der Waals surface area (Å²) >= 11 is 0. The van der Waals surface area contributed by atoms with Gasteiger partial charge in [-0.25, -0.2) is 4.98 Å². The zero-order valence-electron chi connectivity index (χ0n) is 15.5. The Morgan fingerprint density at radius 1 is 0.875 bits per heavy atom. The Hall–Kier alpha value is -2.29. The number of anilines is 1.